The van der Waals surface area contributed by atoms with Crippen molar-refractivity contribution in [2.24, 2.45) is 4.99 Å². The van der Waals surface area contributed by atoms with Crippen molar-refractivity contribution in [3.05, 3.63) is 94.0 Å². The number of hydrogen-bond acceptors (Lipinski definition) is 10. The Balaban J connectivity index is 1.64. The van der Waals surface area contributed by atoms with Gasteiger partial charge in [0, 0.05) is 28.6 Å². The first-order valence-electron chi connectivity index (χ1n) is 12.4. The summed E-state index contributed by atoms with van der Waals surface area (Å²) in [6.45, 7) is 7.13. The second-order valence-corrected chi connectivity index (χ2v) is 12.5. The van der Waals surface area contributed by atoms with Crippen LogP contribution in [0.4, 0.5) is 0 Å². The van der Waals surface area contributed by atoms with E-state index < -0.39 is 12.0 Å². The van der Waals surface area contributed by atoms with Crippen LogP contribution in [0.25, 0.3) is 6.08 Å². The average molecular weight is 676 g/mol. The number of halogens is 2. The molecule has 0 bridgehead atoms. The molecule has 0 spiro atoms. The molecule has 0 saturated carbocycles. The number of ether oxygens (including phenoxy) is 2. The van der Waals surface area contributed by atoms with Gasteiger partial charge in [-0.2, -0.15) is 0 Å². The zero-order valence-electron chi connectivity index (χ0n) is 22.6. The number of aryl methyl sites for hydroxylation is 1. The summed E-state index contributed by atoms with van der Waals surface area (Å²) in [6.07, 6.45) is 2.96. The molecular formula is C28H24BrClN4O5S2. The largest absolute Gasteiger partial charge is 0.496 e. The fourth-order valence-electron chi connectivity index (χ4n) is 4.27. The first-order chi connectivity index (χ1) is 19.5. The van der Waals surface area contributed by atoms with E-state index in [-0.39, 0.29) is 17.2 Å². The molecule has 1 aliphatic rings. The Morgan fingerprint density at radius 2 is 2.05 bits per heavy atom. The number of allylic oxidation sites excluding steroid dienone is 1. The third-order valence-electron chi connectivity index (χ3n) is 5.98. The Morgan fingerprint density at radius 3 is 2.76 bits per heavy atom. The van der Waals surface area contributed by atoms with Crippen molar-refractivity contribution >= 4 is 62.7 Å². The number of carbonyl (C=O) groups excluding carboxylic acids is 1. The van der Waals surface area contributed by atoms with E-state index in [9.17, 15) is 9.59 Å². The summed E-state index contributed by atoms with van der Waals surface area (Å²) in [5.41, 5.74) is 1.69. The fraction of sp³-hybridized carbons (Fsp3) is 0.250. The predicted molar refractivity (Wildman–Crippen MR) is 160 cm³/mol. The number of nitrogens with zero attached hydrogens (tertiary/aromatic N) is 4. The van der Waals surface area contributed by atoms with Gasteiger partial charge in [-0.05, 0) is 85.7 Å². The maximum atomic E-state index is 14.0. The minimum Gasteiger partial charge on any atom is -0.496 e. The number of fused-ring (bicyclic) bond motifs is 1. The van der Waals surface area contributed by atoms with Crippen LogP contribution in [0.3, 0.4) is 0 Å². The van der Waals surface area contributed by atoms with Gasteiger partial charge >= 0.3 is 5.97 Å². The van der Waals surface area contributed by atoms with Crippen LogP contribution in [-0.4, -0.2) is 33.7 Å². The topological polar surface area (TPSA) is 109 Å². The zero-order chi connectivity index (χ0) is 29.4. The van der Waals surface area contributed by atoms with Crippen molar-refractivity contribution < 1.29 is 18.7 Å². The van der Waals surface area contributed by atoms with Gasteiger partial charge in [0.25, 0.3) is 5.56 Å². The minimum absolute atomic E-state index is 0.232. The van der Waals surface area contributed by atoms with E-state index in [4.69, 9.17) is 25.5 Å². The van der Waals surface area contributed by atoms with Crippen LogP contribution in [0.2, 0.25) is 5.02 Å². The number of benzene rings is 1. The predicted octanol–water partition coefficient (Wildman–Crippen LogP) is 5.45. The summed E-state index contributed by atoms with van der Waals surface area (Å²) in [6, 6.07) is 7.78. The van der Waals surface area contributed by atoms with Gasteiger partial charge < -0.3 is 13.9 Å². The molecule has 0 aliphatic carbocycles. The van der Waals surface area contributed by atoms with Crippen LogP contribution < -0.4 is 19.6 Å². The molecule has 0 unspecified atom stereocenters. The summed E-state index contributed by atoms with van der Waals surface area (Å²) in [5.74, 6) is 0.343. The van der Waals surface area contributed by atoms with Crippen molar-refractivity contribution in [3.8, 4) is 5.75 Å². The lowest BCUT2D eigenvalue weighted by Gasteiger charge is -2.26. The normalized spacial score (nSPS) is 15.2. The van der Waals surface area contributed by atoms with E-state index in [0.717, 1.165) is 5.69 Å². The number of methoxy groups -OCH3 is 1. The number of carbonyl (C=O) groups is 1. The molecule has 212 valence electrons. The molecule has 0 radical (unpaired) electrons. The summed E-state index contributed by atoms with van der Waals surface area (Å²) in [7, 11) is 1.52. The van der Waals surface area contributed by atoms with Crippen molar-refractivity contribution in [3.63, 3.8) is 0 Å². The second-order valence-electron chi connectivity index (χ2n) is 9.29. The highest BCUT2D eigenvalue weighted by Gasteiger charge is 2.35. The molecule has 1 aromatic carbocycles. The van der Waals surface area contributed by atoms with E-state index in [1.54, 1.807) is 57.3 Å². The van der Waals surface area contributed by atoms with Gasteiger partial charge in [0.1, 0.15) is 17.6 Å². The number of hydrogen-bond donors (Lipinski definition) is 0. The Bertz CT molecular complexity index is 1880. The van der Waals surface area contributed by atoms with Crippen LogP contribution in [-0.2, 0) is 9.53 Å². The maximum Gasteiger partial charge on any atom is 0.338 e. The van der Waals surface area contributed by atoms with Gasteiger partial charge in [-0.3, -0.25) is 9.36 Å². The molecule has 0 N–H and O–H groups in total. The molecule has 4 aromatic rings. The molecule has 5 rings (SSSR count). The lowest BCUT2D eigenvalue weighted by Crippen LogP contribution is -2.40. The number of thiazole rings is 1. The highest BCUT2D eigenvalue weighted by Crippen LogP contribution is 2.38. The standard InChI is InChI=1S/C28H24BrClN4O5S2/c1-13(2)38-25(36)22-15(4)33-28-34(23(22)18-10-16(30)6-7-20(18)37-5)24(35)21(40-28)12-17-11-19(29)26(39-17)41-27-31-9-8-14(3)32-27/h6-13,23H,1-5H3/b21-12-/t23-/m1/s1. The van der Waals surface area contributed by atoms with Crippen LogP contribution >= 0.6 is 50.6 Å². The van der Waals surface area contributed by atoms with Crippen LogP contribution in [0.1, 0.15) is 43.8 Å². The van der Waals surface area contributed by atoms with Crippen LogP contribution in [0, 0.1) is 6.92 Å². The molecule has 41 heavy (non-hydrogen) atoms. The minimum atomic E-state index is -0.874. The second kappa shape index (κ2) is 12.0. The van der Waals surface area contributed by atoms with E-state index >= 15 is 0 Å². The van der Waals surface area contributed by atoms with Gasteiger partial charge in [-0.15, -0.1) is 0 Å². The van der Waals surface area contributed by atoms with Crippen molar-refractivity contribution in [1.82, 2.24) is 14.5 Å². The quantitative estimate of drug-likeness (QED) is 0.188. The Hall–Kier alpha value is -3.19. The molecule has 4 heterocycles. The van der Waals surface area contributed by atoms with E-state index in [1.807, 2.05) is 13.0 Å². The monoisotopic (exact) mass is 674 g/mol. The van der Waals surface area contributed by atoms with Crippen LogP contribution in [0.15, 0.2) is 76.7 Å². The summed E-state index contributed by atoms with van der Waals surface area (Å²) in [4.78, 5) is 41.0. The van der Waals surface area contributed by atoms with Crippen molar-refractivity contribution in [1.29, 1.82) is 0 Å². The van der Waals surface area contributed by atoms with E-state index in [2.05, 4.69) is 30.9 Å². The SMILES string of the molecule is COc1ccc(Cl)cc1[C@@H]1C(C(=O)OC(C)C)=C(C)N=c2s/c(=C\c3cc(Br)c(Sc4nccc(C)n4)o3)c(=O)n21. The highest BCUT2D eigenvalue weighted by molar-refractivity contribution is 9.10. The maximum absolute atomic E-state index is 14.0. The molecule has 1 aliphatic heterocycles. The molecule has 0 saturated heterocycles. The molecule has 1 atom stereocenters. The number of rotatable bonds is 7. The molecule has 0 amide bonds. The smallest absolute Gasteiger partial charge is 0.338 e. The Morgan fingerprint density at radius 1 is 1.27 bits per heavy atom. The summed E-state index contributed by atoms with van der Waals surface area (Å²) < 4.78 is 19.7. The Labute approximate surface area is 256 Å². The third-order valence-corrected chi connectivity index (χ3v) is 8.91. The van der Waals surface area contributed by atoms with Gasteiger partial charge in [0.2, 0.25) is 0 Å². The van der Waals surface area contributed by atoms with Crippen molar-refractivity contribution in [2.45, 2.75) is 50.1 Å². The molecular weight excluding hydrogens is 652 g/mol. The lowest BCUT2D eigenvalue weighted by atomic mass is 9.95. The summed E-state index contributed by atoms with van der Waals surface area (Å²) >= 11 is 12.3. The lowest BCUT2D eigenvalue weighted by molar-refractivity contribution is -0.143. The Kier molecular flexibility index (Phi) is 8.55. The molecule has 9 nitrogen and oxygen atoms in total. The number of aromatic nitrogens is 3. The van der Waals surface area contributed by atoms with Crippen molar-refractivity contribution in [2.75, 3.05) is 7.11 Å². The average Bonchev–Trinajstić information content (AvgIpc) is 3.40. The first kappa shape index (κ1) is 29.3. The number of esters is 1. The van der Waals surface area contributed by atoms with E-state index in [0.29, 0.717) is 51.8 Å². The van der Waals surface area contributed by atoms with Gasteiger partial charge in [-0.1, -0.05) is 22.9 Å². The summed E-state index contributed by atoms with van der Waals surface area (Å²) in [5, 5.41) is 1.51. The highest BCUT2D eigenvalue weighted by atomic mass is 79.9. The van der Waals surface area contributed by atoms with Crippen LogP contribution in [0.5, 0.6) is 5.75 Å². The van der Waals surface area contributed by atoms with E-state index in [1.165, 1.54) is 34.8 Å². The van der Waals surface area contributed by atoms with Gasteiger partial charge in [-0.25, -0.2) is 19.8 Å². The molecule has 13 heteroatoms. The zero-order valence-corrected chi connectivity index (χ0v) is 26.6. The fourth-order valence-corrected chi connectivity index (χ4v) is 6.79. The molecule has 0 fully saturated rings. The first-order valence-corrected chi connectivity index (χ1v) is 15.2. The number of furan rings is 1. The molecule has 3 aromatic heterocycles. The van der Waals surface area contributed by atoms with Gasteiger partial charge in [0.15, 0.2) is 15.1 Å². The third kappa shape index (κ3) is 6.06. The van der Waals surface area contributed by atoms with Gasteiger partial charge in [0.05, 0.1) is 33.5 Å².